The quantitative estimate of drug-likeness (QED) is 0.822. The molecule has 0 unspecified atom stereocenters. The largest absolute Gasteiger partial charge is 0.493 e. The Balaban J connectivity index is 1.88. The Bertz CT molecular complexity index is 388. The lowest BCUT2D eigenvalue weighted by molar-refractivity contribution is 0.299. The number of benzene rings is 1. The molecule has 0 heterocycles. The van der Waals surface area contributed by atoms with Crippen molar-refractivity contribution in [2.24, 2.45) is 11.8 Å². The van der Waals surface area contributed by atoms with Crippen molar-refractivity contribution in [2.75, 3.05) is 13.2 Å². The molecule has 0 bridgehead atoms. The van der Waals surface area contributed by atoms with Gasteiger partial charge in [-0.15, -0.1) is 0 Å². The van der Waals surface area contributed by atoms with Crippen molar-refractivity contribution in [2.45, 2.75) is 33.2 Å². The Kier molecular flexibility index (Phi) is 5.07. The van der Waals surface area contributed by atoms with Crippen LogP contribution < -0.4 is 10.1 Å². The van der Waals surface area contributed by atoms with Gasteiger partial charge in [-0.2, -0.15) is 0 Å². The molecular formula is C15H22BrNO. The lowest BCUT2D eigenvalue weighted by Gasteiger charge is -2.11. The standard InChI is InChI=1S/C15H22BrNO/c1-11(2)8-17-9-13-7-14(5-6-15(13)16)18-10-12-3-4-12/h5-7,11-12,17H,3-4,8-10H2,1-2H3. The number of ether oxygens (including phenoxy) is 1. The van der Waals surface area contributed by atoms with Crippen LogP contribution in [0, 0.1) is 11.8 Å². The molecule has 0 aliphatic heterocycles. The van der Waals surface area contributed by atoms with E-state index in [0.717, 1.165) is 35.8 Å². The first-order valence-electron chi connectivity index (χ1n) is 6.77. The van der Waals surface area contributed by atoms with E-state index in [1.165, 1.54) is 18.4 Å². The van der Waals surface area contributed by atoms with Gasteiger partial charge in [0.1, 0.15) is 5.75 Å². The Morgan fingerprint density at radius 2 is 2.17 bits per heavy atom. The van der Waals surface area contributed by atoms with Gasteiger partial charge >= 0.3 is 0 Å². The second-order valence-electron chi connectivity index (χ2n) is 5.53. The summed E-state index contributed by atoms with van der Waals surface area (Å²) >= 11 is 3.59. The first-order valence-corrected chi connectivity index (χ1v) is 7.56. The van der Waals surface area contributed by atoms with Gasteiger partial charge in [0.05, 0.1) is 6.61 Å². The first-order chi connectivity index (χ1) is 8.65. The van der Waals surface area contributed by atoms with Crippen LogP contribution in [0.1, 0.15) is 32.3 Å². The van der Waals surface area contributed by atoms with Gasteiger partial charge in [-0.25, -0.2) is 0 Å². The molecule has 0 atom stereocenters. The molecule has 0 spiro atoms. The van der Waals surface area contributed by atoms with Gasteiger partial charge in [0, 0.05) is 11.0 Å². The first kappa shape index (κ1) is 13.9. The van der Waals surface area contributed by atoms with E-state index in [2.05, 4.69) is 47.2 Å². The fraction of sp³-hybridized carbons (Fsp3) is 0.600. The molecule has 1 aromatic rings. The van der Waals surface area contributed by atoms with E-state index in [9.17, 15) is 0 Å². The normalized spacial score (nSPS) is 15.1. The third-order valence-electron chi connectivity index (χ3n) is 3.07. The third kappa shape index (κ3) is 4.62. The van der Waals surface area contributed by atoms with Gasteiger partial charge in [0.15, 0.2) is 0 Å². The van der Waals surface area contributed by atoms with Crippen LogP contribution in [0.25, 0.3) is 0 Å². The van der Waals surface area contributed by atoms with Gasteiger partial charge < -0.3 is 10.1 Å². The number of rotatable bonds is 7. The fourth-order valence-electron chi connectivity index (χ4n) is 1.77. The maximum absolute atomic E-state index is 5.80. The molecule has 1 saturated carbocycles. The summed E-state index contributed by atoms with van der Waals surface area (Å²) in [4.78, 5) is 0. The van der Waals surface area contributed by atoms with E-state index >= 15 is 0 Å². The van der Waals surface area contributed by atoms with E-state index in [1.54, 1.807) is 0 Å². The number of hydrogen-bond acceptors (Lipinski definition) is 2. The van der Waals surface area contributed by atoms with E-state index in [0.29, 0.717) is 5.92 Å². The average Bonchev–Trinajstić information content (AvgIpc) is 3.13. The summed E-state index contributed by atoms with van der Waals surface area (Å²) < 4.78 is 6.95. The van der Waals surface area contributed by atoms with Crippen LogP contribution in [0.3, 0.4) is 0 Å². The average molecular weight is 312 g/mol. The lowest BCUT2D eigenvalue weighted by atomic mass is 10.2. The van der Waals surface area contributed by atoms with Crippen molar-refractivity contribution in [1.82, 2.24) is 5.32 Å². The molecule has 1 aliphatic rings. The highest BCUT2D eigenvalue weighted by Gasteiger charge is 2.21. The van der Waals surface area contributed by atoms with Crippen LogP contribution in [0.2, 0.25) is 0 Å². The van der Waals surface area contributed by atoms with Crippen molar-refractivity contribution >= 4 is 15.9 Å². The summed E-state index contributed by atoms with van der Waals surface area (Å²) in [7, 11) is 0. The van der Waals surface area contributed by atoms with Gasteiger partial charge in [0.2, 0.25) is 0 Å². The van der Waals surface area contributed by atoms with Crippen LogP contribution in [-0.4, -0.2) is 13.2 Å². The predicted octanol–water partition coefficient (Wildman–Crippen LogP) is 3.98. The van der Waals surface area contributed by atoms with E-state index in [4.69, 9.17) is 4.74 Å². The summed E-state index contributed by atoms with van der Waals surface area (Å²) in [5, 5.41) is 3.46. The molecule has 100 valence electrons. The molecule has 1 fully saturated rings. The summed E-state index contributed by atoms with van der Waals surface area (Å²) in [6, 6.07) is 6.26. The maximum atomic E-state index is 5.80. The van der Waals surface area contributed by atoms with Crippen molar-refractivity contribution in [3.05, 3.63) is 28.2 Å². The van der Waals surface area contributed by atoms with E-state index in [-0.39, 0.29) is 0 Å². The lowest BCUT2D eigenvalue weighted by Crippen LogP contribution is -2.19. The van der Waals surface area contributed by atoms with Crippen LogP contribution in [-0.2, 0) is 6.54 Å². The number of nitrogens with one attached hydrogen (secondary N) is 1. The predicted molar refractivity (Wildman–Crippen MR) is 78.9 cm³/mol. The highest BCUT2D eigenvalue weighted by molar-refractivity contribution is 9.10. The van der Waals surface area contributed by atoms with Crippen LogP contribution in [0.5, 0.6) is 5.75 Å². The van der Waals surface area contributed by atoms with Crippen molar-refractivity contribution in [1.29, 1.82) is 0 Å². The highest BCUT2D eigenvalue weighted by atomic mass is 79.9. The Morgan fingerprint density at radius 1 is 1.39 bits per heavy atom. The zero-order valence-corrected chi connectivity index (χ0v) is 12.8. The Hall–Kier alpha value is -0.540. The van der Waals surface area contributed by atoms with Crippen molar-refractivity contribution in [3.8, 4) is 5.75 Å². The molecule has 18 heavy (non-hydrogen) atoms. The minimum Gasteiger partial charge on any atom is -0.493 e. The minimum atomic E-state index is 0.679. The molecule has 0 saturated heterocycles. The molecule has 0 amide bonds. The minimum absolute atomic E-state index is 0.679. The zero-order valence-electron chi connectivity index (χ0n) is 11.2. The fourth-order valence-corrected chi connectivity index (χ4v) is 2.16. The summed E-state index contributed by atoms with van der Waals surface area (Å²) in [5.41, 5.74) is 1.27. The molecule has 0 aromatic heterocycles. The van der Waals surface area contributed by atoms with Crippen LogP contribution in [0.15, 0.2) is 22.7 Å². The topological polar surface area (TPSA) is 21.3 Å². The molecule has 2 nitrogen and oxygen atoms in total. The maximum Gasteiger partial charge on any atom is 0.119 e. The molecule has 2 rings (SSSR count). The van der Waals surface area contributed by atoms with Crippen LogP contribution >= 0.6 is 15.9 Å². The summed E-state index contributed by atoms with van der Waals surface area (Å²) in [5.74, 6) is 2.47. The Morgan fingerprint density at radius 3 is 2.83 bits per heavy atom. The monoisotopic (exact) mass is 311 g/mol. The van der Waals surface area contributed by atoms with Gasteiger partial charge in [-0.1, -0.05) is 29.8 Å². The highest BCUT2D eigenvalue weighted by Crippen LogP contribution is 2.30. The molecular weight excluding hydrogens is 290 g/mol. The third-order valence-corrected chi connectivity index (χ3v) is 3.84. The molecule has 1 aliphatic carbocycles. The molecule has 3 heteroatoms. The molecule has 1 N–H and O–H groups in total. The number of hydrogen-bond donors (Lipinski definition) is 1. The SMILES string of the molecule is CC(C)CNCc1cc(OCC2CC2)ccc1Br. The summed E-state index contributed by atoms with van der Waals surface area (Å²) in [6.07, 6.45) is 2.67. The van der Waals surface area contributed by atoms with Crippen molar-refractivity contribution < 1.29 is 4.74 Å². The van der Waals surface area contributed by atoms with Gasteiger partial charge in [-0.3, -0.25) is 0 Å². The van der Waals surface area contributed by atoms with E-state index in [1.807, 2.05) is 6.07 Å². The summed E-state index contributed by atoms with van der Waals surface area (Å²) in [6.45, 7) is 7.24. The molecule has 0 radical (unpaired) electrons. The zero-order chi connectivity index (χ0) is 13.0. The van der Waals surface area contributed by atoms with Gasteiger partial charge in [-0.05, 0) is 55.0 Å². The van der Waals surface area contributed by atoms with E-state index < -0.39 is 0 Å². The van der Waals surface area contributed by atoms with Crippen molar-refractivity contribution in [3.63, 3.8) is 0 Å². The Labute approximate surface area is 118 Å². The van der Waals surface area contributed by atoms with Gasteiger partial charge in [0.25, 0.3) is 0 Å². The second-order valence-corrected chi connectivity index (χ2v) is 6.39. The molecule has 1 aromatic carbocycles. The number of halogens is 1. The smallest absolute Gasteiger partial charge is 0.119 e. The second kappa shape index (κ2) is 6.58. The van der Waals surface area contributed by atoms with Crippen LogP contribution in [0.4, 0.5) is 0 Å².